The first kappa shape index (κ1) is 23.4. The zero-order valence-electron chi connectivity index (χ0n) is 18.1. The van der Waals surface area contributed by atoms with Gasteiger partial charge in [-0.25, -0.2) is 4.79 Å². The number of rotatable bonds is 6. The van der Waals surface area contributed by atoms with Crippen molar-refractivity contribution in [3.63, 3.8) is 0 Å². The smallest absolute Gasteiger partial charge is 0.341 e. The molecule has 0 fully saturated rings. The molecule has 31 heavy (non-hydrogen) atoms. The van der Waals surface area contributed by atoms with Gasteiger partial charge in [0.25, 0.3) is 5.56 Å². The van der Waals surface area contributed by atoms with Crippen molar-refractivity contribution in [1.29, 1.82) is 0 Å². The average molecular weight is 482 g/mol. The summed E-state index contributed by atoms with van der Waals surface area (Å²) < 4.78 is 6.86. The van der Waals surface area contributed by atoms with Gasteiger partial charge in [0.05, 0.1) is 17.9 Å². The molecule has 0 atom stereocenters. The van der Waals surface area contributed by atoms with Gasteiger partial charge in [0.1, 0.15) is 10.7 Å². The van der Waals surface area contributed by atoms with Gasteiger partial charge in [0.15, 0.2) is 4.34 Å². The van der Waals surface area contributed by atoms with Crippen molar-refractivity contribution in [2.75, 3.05) is 17.7 Å². The Hall–Kier alpha value is -2.31. The lowest BCUT2D eigenvalue weighted by molar-refractivity contribution is -0.113. The third-order valence-electron chi connectivity index (χ3n) is 4.33. The molecule has 9 nitrogen and oxygen atoms in total. The van der Waals surface area contributed by atoms with Gasteiger partial charge in [-0.2, -0.15) is 4.52 Å². The first-order valence-electron chi connectivity index (χ1n) is 9.49. The van der Waals surface area contributed by atoms with Crippen LogP contribution in [0.1, 0.15) is 54.2 Å². The molecule has 0 radical (unpaired) electrons. The third kappa shape index (κ3) is 4.96. The van der Waals surface area contributed by atoms with Crippen molar-refractivity contribution in [2.24, 2.45) is 0 Å². The lowest BCUT2D eigenvalue weighted by Gasteiger charge is -2.14. The fourth-order valence-electron chi connectivity index (χ4n) is 2.68. The van der Waals surface area contributed by atoms with Crippen LogP contribution < -0.4 is 10.9 Å². The number of nitrogens with zero attached hydrogens (tertiary/aromatic N) is 4. The number of ether oxygens (including phenoxy) is 1. The summed E-state index contributed by atoms with van der Waals surface area (Å²) in [6, 6.07) is 0. The first-order valence-corrected chi connectivity index (χ1v) is 12.1. The molecule has 3 aromatic rings. The second-order valence-corrected chi connectivity index (χ2v) is 11.1. The standard InChI is InChI=1S/C19H23N5O4S3/c1-7-28-16(27)12-9(2)10(3)30-14(12)20-11(25)8-29-18-23-24-15(26)13(19(4,5)6)21-22-17(24)31-18/h7-8H2,1-6H3,(H,20,25). The molecule has 0 spiro atoms. The van der Waals surface area contributed by atoms with Gasteiger partial charge in [-0.1, -0.05) is 43.9 Å². The van der Waals surface area contributed by atoms with E-state index >= 15 is 0 Å². The molecule has 3 heterocycles. The molecule has 0 aromatic carbocycles. The van der Waals surface area contributed by atoms with Gasteiger partial charge < -0.3 is 10.1 Å². The van der Waals surface area contributed by atoms with Crippen molar-refractivity contribution in [3.05, 3.63) is 32.1 Å². The van der Waals surface area contributed by atoms with Crippen LogP contribution in [-0.4, -0.2) is 44.0 Å². The Morgan fingerprint density at radius 1 is 1.19 bits per heavy atom. The van der Waals surface area contributed by atoms with Crippen LogP contribution in [0.5, 0.6) is 0 Å². The summed E-state index contributed by atoms with van der Waals surface area (Å²) >= 11 is 3.71. The first-order chi connectivity index (χ1) is 14.5. The normalized spacial score (nSPS) is 11.7. The highest BCUT2D eigenvalue weighted by atomic mass is 32.2. The van der Waals surface area contributed by atoms with E-state index in [0.29, 0.717) is 25.6 Å². The molecule has 0 saturated carbocycles. The number of carbonyl (C=O) groups is 2. The molecule has 166 valence electrons. The maximum Gasteiger partial charge on any atom is 0.341 e. The second-order valence-electron chi connectivity index (χ2n) is 7.71. The summed E-state index contributed by atoms with van der Waals surface area (Å²) in [5.74, 6) is -0.678. The summed E-state index contributed by atoms with van der Waals surface area (Å²) in [6.45, 7) is 11.4. The number of fused-ring (bicyclic) bond motifs is 1. The van der Waals surface area contributed by atoms with Crippen molar-refractivity contribution < 1.29 is 14.3 Å². The van der Waals surface area contributed by atoms with Gasteiger partial charge >= 0.3 is 5.97 Å². The molecule has 3 aromatic heterocycles. The van der Waals surface area contributed by atoms with E-state index in [1.54, 1.807) is 6.92 Å². The van der Waals surface area contributed by atoms with E-state index in [1.807, 2.05) is 34.6 Å². The Balaban J connectivity index is 1.74. The summed E-state index contributed by atoms with van der Waals surface area (Å²) in [6.07, 6.45) is 0. The van der Waals surface area contributed by atoms with Crippen molar-refractivity contribution in [1.82, 2.24) is 19.8 Å². The van der Waals surface area contributed by atoms with Crippen LogP contribution in [0.2, 0.25) is 0 Å². The Kier molecular flexibility index (Phi) is 6.82. The maximum absolute atomic E-state index is 12.6. The number of thiophene rings is 1. The largest absolute Gasteiger partial charge is 0.462 e. The molecule has 1 N–H and O–H groups in total. The Labute approximate surface area is 191 Å². The molecule has 0 aliphatic heterocycles. The lowest BCUT2D eigenvalue weighted by Crippen LogP contribution is -2.30. The number of hydrogen-bond acceptors (Lipinski definition) is 10. The van der Waals surface area contributed by atoms with Crippen LogP contribution in [0.25, 0.3) is 4.96 Å². The minimum absolute atomic E-state index is 0.0619. The minimum atomic E-state index is -0.453. The summed E-state index contributed by atoms with van der Waals surface area (Å²) in [5.41, 5.74) is 0.757. The Morgan fingerprint density at radius 2 is 1.90 bits per heavy atom. The highest BCUT2D eigenvalue weighted by molar-refractivity contribution is 8.01. The third-order valence-corrected chi connectivity index (χ3v) is 7.48. The summed E-state index contributed by atoms with van der Waals surface area (Å²) in [5, 5.41) is 15.7. The lowest BCUT2D eigenvalue weighted by atomic mass is 9.93. The predicted octanol–water partition coefficient (Wildman–Crippen LogP) is 3.43. The van der Waals surface area contributed by atoms with Crippen molar-refractivity contribution in [3.8, 4) is 0 Å². The fraction of sp³-hybridized carbons (Fsp3) is 0.474. The molecule has 0 aliphatic carbocycles. The molecule has 3 rings (SSSR count). The van der Waals surface area contributed by atoms with Crippen LogP contribution in [0.15, 0.2) is 9.13 Å². The van der Waals surface area contributed by atoms with Gasteiger partial charge in [-0.05, 0) is 26.3 Å². The van der Waals surface area contributed by atoms with Crippen LogP contribution in [0.4, 0.5) is 5.00 Å². The monoisotopic (exact) mass is 481 g/mol. The van der Waals surface area contributed by atoms with Gasteiger partial charge in [-0.3, -0.25) is 9.59 Å². The number of carbonyl (C=O) groups excluding carboxylic acids is 2. The van der Waals surface area contributed by atoms with E-state index in [9.17, 15) is 14.4 Å². The number of thioether (sulfide) groups is 1. The van der Waals surface area contributed by atoms with Gasteiger partial charge in [-0.15, -0.1) is 26.6 Å². The highest BCUT2D eigenvalue weighted by Gasteiger charge is 2.24. The zero-order valence-corrected chi connectivity index (χ0v) is 20.5. The fourth-order valence-corrected chi connectivity index (χ4v) is 5.42. The summed E-state index contributed by atoms with van der Waals surface area (Å²) in [7, 11) is 0. The van der Waals surface area contributed by atoms with Crippen LogP contribution in [0, 0.1) is 13.8 Å². The van der Waals surface area contributed by atoms with Gasteiger partial charge in [0, 0.05) is 10.3 Å². The number of esters is 1. The van der Waals surface area contributed by atoms with E-state index in [0.717, 1.165) is 10.4 Å². The molecule has 1 amide bonds. The number of aryl methyl sites for hydroxylation is 1. The predicted molar refractivity (Wildman–Crippen MR) is 123 cm³/mol. The van der Waals surface area contributed by atoms with E-state index < -0.39 is 11.4 Å². The number of nitrogens with one attached hydrogen (secondary N) is 1. The van der Waals surface area contributed by atoms with E-state index in [4.69, 9.17) is 4.74 Å². The SMILES string of the molecule is CCOC(=O)c1c(NC(=O)CSc2nn3c(=O)c(C(C)(C)C)nnc3s2)sc(C)c1C. The number of aromatic nitrogens is 4. The molecule has 0 unspecified atom stereocenters. The quantitative estimate of drug-likeness (QED) is 0.421. The van der Waals surface area contributed by atoms with Crippen molar-refractivity contribution in [2.45, 2.75) is 51.3 Å². The minimum Gasteiger partial charge on any atom is -0.462 e. The second kappa shape index (κ2) is 9.05. The van der Waals surface area contributed by atoms with Crippen LogP contribution in [-0.2, 0) is 14.9 Å². The Bertz CT molecular complexity index is 1210. The van der Waals surface area contributed by atoms with E-state index in [1.165, 1.54) is 39.0 Å². The zero-order chi connectivity index (χ0) is 22.9. The topological polar surface area (TPSA) is 116 Å². The van der Waals surface area contributed by atoms with Crippen LogP contribution >= 0.6 is 34.4 Å². The molecule has 0 saturated heterocycles. The van der Waals surface area contributed by atoms with Crippen molar-refractivity contribution >= 4 is 56.3 Å². The molecular weight excluding hydrogens is 458 g/mol. The molecular formula is C19H23N5O4S3. The number of anilines is 1. The average Bonchev–Trinajstić information content (AvgIpc) is 3.21. The molecule has 0 bridgehead atoms. The number of amides is 1. The van der Waals surface area contributed by atoms with Gasteiger partial charge in [0.2, 0.25) is 10.9 Å². The highest BCUT2D eigenvalue weighted by Crippen LogP contribution is 2.33. The van der Waals surface area contributed by atoms with E-state index in [-0.39, 0.29) is 23.8 Å². The number of hydrogen-bond donors (Lipinski definition) is 1. The molecule has 0 aliphatic rings. The summed E-state index contributed by atoms with van der Waals surface area (Å²) in [4.78, 5) is 38.7. The van der Waals surface area contributed by atoms with E-state index in [2.05, 4.69) is 20.6 Å². The maximum atomic E-state index is 12.6. The van der Waals surface area contributed by atoms with Crippen LogP contribution in [0.3, 0.4) is 0 Å². The molecule has 12 heteroatoms. The Morgan fingerprint density at radius 3 is 2.55 bits per heavy atom.